The number of carbonyl (C=O) groups excluding carboxylic acids is 2. The Kier molecular flexibility index (Phi) is 2.86. The highest BCUT2D eigenvalue weighted by atomic mass is 16.5. The van der Waals surface area contributed by atoms with E-state index in [0.717, 1.165) is 0 Å². The molecule has 0 aliphatic carbocycles. The molecule has 1 aromatic rings. The smallest absolute Gasteiger partial charge is 0.154 e. The van der Waals surface area contributed by atoms with Crippen LogP contribution in [0.4, 0.5) is 0 Å². The lowest BCUT2D eigenvalue weighted by Gasteiger charge is -2.38. The van der Waals surface area contributed by atoms with Crippen LogP contribution >= 0.6 is 0 Å². The SMILES string of the molecule is CC1(C)Oc2c(C=O)c(C=O)cc(O)c2C[C@@H]1O. The lowest BCUT2D eigenvalue weighted by atomic mass is 9.88. The van der Waals surface area contributed by atoms with Crippen molar-refractivity contribution in [3.05, 3.63) is 22.8 Å². The van der Waals surface area contributed by atoms with Gasteiger partial charge in [-0.3, -0.25) is 9.59 Å². The number of phenols is 1. The number of aliphatic hydroxyl groups is 1. The van der Waals surface area contributed by atoms with E-state index in [-0.39, 0.29) is 29.0 Å². The van der Waals surface area contributed by atoms with Crippen LogP contribution in [0.1, 0.15) is 40.1 Å². The first-order chi connectivity index (χ1) is 8.40. The van der Waals surface area contributed by atoms with Gasteiger partial charge in [-0.15, -0.1) is 0 Å². The van der Waals surface area contributed by atoms with Gasteiger partial charge in [0.05, 0.1) is 11.7 Å². The van der Waals surface area contributed by atoms with Gasteiger partial charge in [0.1, 0.15) is 17.1 Å². The molecule has 2 rings (SSSR count). The quantitative estimate of drug-likeness (QED) is 0.768. The number of rotatable bonds is 2. The molecule has 0 saturated carbocycles. The summed E-state index contributed by atoms with van der Waals surface area (Å²) < 4.78 is 5.58. The molecule has 0 saturated heterocycles. The molecule has 1 aliphatic heterocycles. The average molecular weight is 250 g/mol. The maximum atomic E-state index is 11.1. The van der Waals surface area contributed by atoms with Crippen molar-refractivity contribution in [2.45, 2.75) is 32.0 Å². The number of aromatic hydroxyl groups is 1. The van der Waals surface area contributed by atoms with E-state index >= 15 is 0 Å². The largest absolute Gasteiger partial charge is 0.508 e. The number of carbonyl (C=O) groups is 2. The summed E-state index contributed by atoms with van der Waals surface area (Å²) in [6.07, 6.45) is 0.396. The number of aldehydes is 2. The fourth-order valence-electron chi connectivity index (χ4n) is 2.03. The molecule has 0 radical (unpaired) electrons. The molecular weight excluding hydrogens is 236 g/mol. The van der Waals surface area contributed by atoms with Gasteiger partial charge >= 0.3 is 0 Å². The normalized spacial score (nSPS) is 20.7. The fourth-order valence-corrected chi connectivity index (χ4v) is 2.03. The number of hydrogen-bond acceptors (Lipinski definition) is 5. The van der Waals surface area contributed by atoms with E-state index in [9.17, 15) is 19.8 Å². The zero-order chi connectivity index (χ0) is 13.5. The van der Waals surface area contributed by atoms with Gasteiger partial charge in [0.25, 0.3) is 0 Å². The minimum atomic E-state index is -0.876. The Bertz CT molecular complexity index is 519. The fraction of sp³-hybridized carbons (Fsp3) is 0.385. The number of phenolic OH excluding ortho intramolecular Hbond substituents is 1. The van der Waals surface area contributed by atoms with Crippen LogP contribution in [0.15, 0.2) is 6.07 Å². The van der Waals surface area contributed by atoms with Crippen molar-refractivity contribution in [1.29, 1.82) is 0 Å². The lowest BCUT2D eigenvalue weighted by Crippen LogP contribution is -2.46. The van der Waals surface area contributed by atoms with Gasteiger partial charge in [0, 0.05) is 17.5 Å². The van der Waals surface area contributed by atoms with Gasteiger partial charge < -0.3 is 14.9 Å². The van der Waals surface area contributed by atoms with E-state index < -0.39 is 11.7 Å². The molecule has 1 aromatic carbocycles. The van der Waals surface area contributed by atoms with Gasteiger partial charge in [-0.25, -0.2) is 0 Å². The number of hydrogen-bond donors (Lipinski definition) is 2. The van der Waals surface area contributed by atoms with E-state index in [4.69, 9.17) is 4.74 Å². The standard InChI is InChI=1S/C13H14O5/c1-13(2)11(17)4-8-10(16)3-7(5-14)9(6-15)12(8)18-13/h3,5-6,11,16-17H,4H2,1-2H3/t11-/m0/s1. The van der Waals surface area contributed by atoms with Crippen LogP contribution in [0.5, 0.6) is 11.5 Å². The van der Waals surface area contributed by atoms with Crippen LogP contribution < -0.4 is 4.74 Å². The van der Waals surface area contributed by atoms with Gasteiger partial charge in [-0.1, -0.05) is 0 Å². The third kappa shape index (κ3) is 1.76. The molecule has 0 unspecified atom stereocenters. The number of benzene rings is 1. The van der Waals surface area contributed by atoms with Crippen LogP contribution in [0, 0.1) is 0 Å². The average Bonchev–Trinajstić information content (AvgIpc) is 2.31. The minimum Gasteiger partial charge on any atom is -0.508 e. The molecule has 1 atom stereocenters. The molecule has 96 valence electrons. The molecule has 0 fully saturated rings. The second-order valence-corrected chi connectivity index (χ2v) is 4.87. The highest BCUT2D eigenvalue weighted by Crippen LogP contribution is 2.41. The molecule has 1 aliphatic rings. The molecule has 0 bridgehead atoms. The summed E-state index contributed by atoms with van der Waals surface area (Å²) >= 11 is 0. The Hall–Kier alpha value is -1.88. The van der Waals surface area contributed by atoms with E-state index in [1.54, 1.807) is 13.8 Å². The zero-order valence-electron chi connectivity index (χ0n) is 10.1. The number of fused-ring (bicyclic) bond motifs is 1. The van der Waals surface area contributed by atoms with Gasteiger partial charge in [-0.05, 0) is 19.9 Å². The Morgan fingerprint density at radius 3 is 2.61 bits per heavy atom. The van der Waals surface area contributed by atoms with E-state index in [2.05, 4.69) is 0 Å². The van der Waals surface area contributed by atoms with Crippen molar-refractivity contribution in [3.8, 4) is 11.5 Å². The van der Waals surface area contributed by atoms with E-state index in [1.165, 1.54) is 6.07 Å². The Balaban J connectivity index is 2.69. The summed E-state index contributed by atoms with van der Waals surface area (Å²) in [6, 6.07) is 1.21. The first-order valence-corrected chi connectivity index (χ1v) is 5.57. The Morgan fingerprint density at radius 2 is 2.06 bits per heavy atom. The molecule has 18 heavy (non-hydrogen) atoms. The monoisotopic (exact) mass is 250 g/mol. The van der Waals surface area contributed by atoms with Crippen molar-refractivity contribution in [1.82, 2.24) is 0 Å². The molecule has 5 nitrogen and oxygen atoms in total. The Labute approximate surface area is 104 Å². The maximum Gasteiger partial charge on any atom is 0.154 e. The van der Waals surface area contributed by atoms with Crippen LogP contribution in [0.3, 0.4) is 0 Å². The molecule has 0 spiro atoms. The zero-order valence-corrected chi connectivity index (χ0v) is 10.1. The Morgan fingerprint density at radius 1 is 1.39 bits per heavy atom. The van der Waals surface area contributed by atoms with Gasteiger partial charge in [-0.2, -0.15) is 0 Å². The molecule has 5 heteroatoms. The van der Waals surface area contributed by atoms with Crippen molar-refractivity contribution in [3.63, 3.8) is 0 Å². The third-order valence-electron chi connectivity index (χ3n) is 3.24. The topological polar surface area (TPSA) is 83.8 Å². The van der Waals surface area contributed by atoms with E-state index in [0.29, 0.717) is 18.1 Å². The van der Waals surface area contributed by atoms with Crippen LogP contribution in [0.25, 0.3) is 0 Å². The summed E-state index contributed by atoms with van der Waals surface area (Å²) in [5.74, 6) is 0.0367. The van der Waals surface area contributed by atoms with Crippen molar-refractivity contribution in [2.75, 3.05) is 0 Å². The van der Waals surface area contributed by atoms with Gasteiger partial charge in [0.15, 0.2) is 12.6 Å². The molecule has 1 heterocycles. The number of ether oxygens (including phenoxy) is 1. The molecular formula is C13H14O5. The first-order valence-electron chi connectivity index (χ1n) is 5.57. The summed E-state index contributed by atoms with van der Waals surface area (Å²) in [7, 11) is 0. The third-order valence-corrected chi connectivity index (χ3v) is 3.24. The number of aliphatic hydroxyl groups excluding tert-OH is 1. The predicted octanol–water partition coefficient (Wildman–Crippen LogP) is 1.09. The van der Waals surface area contributed by atoms with Crippen LogP contribution in [-0.2, 0) is 6.42 Å². The van der Waals surface area contributed by atoms with Crippen LogP contribution in [0.2, 0.25) is 0 Å². The highest BCUT2D eigenvalue weighted by molar-refractivity contribution is 5.94. The van der Waals surface area contributed by atoms with Crippen molar-refractivity contribution >= 4 is 12.6 Å². The molecule has 2 N–H and O–H groups in total. The summed E-state index contributed by atoms with van der Waals surface area (Å²) in [5, 5.41) is 19.7. The maximum absolute atomic E-state index is 11.1. The minimum absolute atomic E-state index is 0.0773. The van der Waals surface area contributed by atoms with Crippen LogP contribution in [-0.4, -0.2) is 34.5 Å². The summed E-state index contributed by atoms with van der Waals surface area (Å²) in [4.78, 5) is 22.0. The predicted molar refractivity (Wildman–Crippen MR) is 63.3 cm³/mol. The molecule has 0 amide bonds. The lowest BCUT2D eigenvalue weighted by molar-refractivity contribution is -0.0420. The van der Waals surface area contributed by atoms with Crippen molar-refractivity contribution in [2.24, 2.45) is 0 Å². The summed E-state index contributed by atoms with van der Waals surface area (Å²) in [6.45, 7) is 3.36. The second kappa shape index (κ2) is 4.10. The van der Waals surface area contributed by atoms with Crippen molar-refractivity contribution < 1.29 is 24.5 Å². The summed E-state index contributed by atoms with van der Waals surface area (Å²) in [5.41, 5.74) is -0.334. The second-order valence-electron chi connectivity index (χ2n) is 4.87. The highest BCUT2D eigenvalue weighted by Gasteiger charge is 2.38. The van der Waals surface area contributed by atoms with E-state index in [1.807, 2.05) is 0 Å². The van der Waals surface area contributed by atoms with Gasteiger partial charge in [0.2, 0.25) is 0 Å². The first kappa shape index (κ1) is 12.6. The molecule has 0 aromatic heterocycles.